The Bertz CT molecular complexity index is 1180. The molecule has 0 aliphatic carbocycles. The van der Waals surface area contributed by atoms with Gasteiger partial charge in [0.2, 0.25) is 5.91 Å². The van der Waals surface area contributed by atoms with Crippen LogP contribution in [0.15, 0.2) is 51.8 Å². The smallest absolute Gasteiger partial charge is 0.285 e. The fourth-order valence-corrected chi connectivity index (χ4v) is 5.66. The molecule has 9 heteroatoms. The van der Waals surface area contributed by atoms with Gasteiger partial charge in [0.25, 0.3) is 10.0 Å². The van der Waals surface area contributed by atoms with Gasteiger partial charge in [0.15, 0.2) is 17.3 Å². The number of likely N-dealkylation sites (N-methyl/N-ethyl adjacent to an activating group) is 1. The maximum absolute atomic E-state index is 13.2. The van der Waals surface area contributed by atoms with Crippen molar-refractivity contribution in [3.05, 3.63) is 53.6 Å². The van der Waals surface area contributed by atoms with Gasteiger partial charge < -0.3 is 19.3 Å². The summed E-state index contributed by atoms with van der Waals surface area (Å²) in [6, 6.07) is 12.5. The van der Waals surface area contributed by atoms with Gasteiger partial charge in [-0.15, -0.1) is 4.40 Å². The van der Waals surface area contributed by atoms with E-state index in [4.69, 9.17) is 9.47 Å². The summed E-state index contributed by atoms with van der Waals surface area (Å²) in [6.07, 6.45) is 1.78. The summed E-state index contributed by atoms with van der Waals surface area (Å²) in [7, 11) is -2.02. The SMILES string of the molecule is CN(CC(=O)N1CCCC1c1ccc2c(c1)OCCO2)C1=NS(=O)(=O)c2ccccc21. The molecule has 1 amide bonds. The fraction of sp³-hybridized carbons (Fsp3) is 0.364. The van der Waals surface area contributed by atoms with Gasteiger partial charge in [0, 0.05) is 19.2 Å². The van der Waals surface area contributed by atoms with E-state index >= 15 is 0 Å². The van der Waals surface area contributed by atoms with Gasteiger partial charge in [-0.1, -0.05) is 18.2 Å². The summed E-state index contributed by atoms with van der Waals surface area (Å²) >= 11 is 0. The molecule has 8 nitrogen and oxygen atoms in total. The molecule has 2 aromatic rings. The lowest BCUT2D eigenvalue weighted by Gasteiger charge is -2.29. The highest BCUT2D eigenvalue weighted by atomic mass is 32.2. The molecule has 2 aromatic carbocycles. The summed E-state index contributed by atoms with van der Waals surface area (Å²) < 4.78 is 39.9. The topological polar surface area (TPSA) is 88.5 Å². The Balaban J connectivity index is 1.35. The van der Waals surface area contributed by atoms with Crippen LogP contribution in [-0.2, 0) is 14.8 Å². The molecule has 0 N–H and O–H groups in total. The molecule has 1 fully saturated rings. The Morgan fingerprint density at radius 2 is 1.94 bits per heavy atom. The summed E-state index contributed by atoms with van der Waals surface area (Å²) in [5.41, 5.74) is 1.55. The Morgan fingerprint density at radius 1 is 1.16 bits per heavy atom. The highest BCUT2D eigenvalue weighted by Gasteiger charge is 2.34. The van der Waals surface area contributed by atoms with Crippen molar-refractivity contribution >= 4 is 21.8 Å². The number of amidine groups is 1. The van der Waals surface area contributed by atoms with Crippen LogP contribution in [0, 0.1) is 0 Å². The first-order chi connectivity index (χ1) is 14.9. The van der Waals surface area contributed by atoms with Crippen LogP contribution in [0.25, 0.3) is 0 Å². The van der Waals surface area contributed by atoms with Crippen molar-refractivity contribution < 1.29 is 22.7 Å². The third-order valence-corrected chi connectivity index (χ3v) is 7.20. The van der Waals surface area contributed by atoms with Crippen LogP contribution in [0.2, 0.25) is 0 Å². The van der Waals surface area contributed by atoms with Gasteiger partial charge in [-0.05, 0) is 42.7 Å². The molecule has 1 atom stereocenters. The van der Waals surface area contributed by atoms with E-state index in [1.165, 1.54) is 6.07 Å². The van der Waals surface area contributed by atoms with E-state index in [1.54, 1.807) is 30.1 Å². The average molecular weight is 442 g/mol. The molecule has 0 bridgehead atoms. The summed E-state index contributed by atoms with van der Waals surface area (Å²) in [4.78, 5) is 16.8. The lowest BCUT2D eigenvalue weighted by atomic mass is 10.0. The number of carbonyl (C=O) groups is 1. The van der Waals surface area contributed by atoms with Crippen molar-refractivity contribution in [3.63, 3.8) is 0 Å². The van der Waals surface area contributed by atoms with E-state index in [-0.39, 0.29) is 23.4 Å². The van der Waals surface area contributed by atoms with Gasteiger partial charge >= 0.3 is 0 Å². The maximum Gasteiger partial charge on any atom is 0.285 e. The first-order valence-corrected chi connectivity index (χ1v) is 11.7. The molecule has 3 aliphatic heterocycles. The van der Waals surface area contributed by atoms with E-state index in [2.05, 4.69) is 4.40 Å². The van der Waals surface area contributed by atoms with E-state index in [1.807, 2.05) is 23.1 Å². The summed E-state index contributed by atoms with van der Waals surface area (Å²) in [5, 5.41) is 0. The minimum absolute atomic E-state index is 0.0433. The number of carbonyl (C=O) groups excluding carboxylic acids is 1. The second-order valence-corrected chi connectivity index (χ2v) is 9.46. The number of hydrogen-bond donors (Lipinski definition) is 0. The molecule has 0 radical (unpaired) electrons. The number of benzene rings is 2. The molecule has 31 heavy (non-hydrogen) atoms. The van der Waals surface area contributed by atoms with Crippen molar-refractivity contribution in [3.8, 4) is 11.5 Å². The van der Waals surface area contributed by atoms with E-state index in [0.29, 0.717) is 36.9 Å². The molecule has 5 rings (SSSR count). The van der Waals surface area contributed by atoms with Crippen LogP contribution < -0.4 is 9.47 Å². The van der Waals surface area contributed by atoms with Gasteiger partial charge in [-0.25, -0.2) is 0 Å². The van der Waals surface area contributed by atoms with Crippen molar-refractivity contribution in [2.24, 2.45) is 4.40 Å². The highest BCUT2D eigenvalue weighted by Crippen LogP contribution is 2.38. The number of fused-ring (bicyclic) bond motifs is 2. The fourth-order valence-electron chi connectivity index (χ4n) is 4.41. The van der Waals surface area contributed by atoms with Crippen molar-refractivity contribution in [2.75, 3.05) is 33.4 Å². The zero-order valence-electron chi connectivity index (χ0n) is 17.2. The predicted molar refractivity (Wildman–Crippen MR) is 114 cm³/mol. The van der Waals surface area contributed by atoms with Crippen molar-refractivity contribution in [2.45, 2.75) is 23.8 Å². The minimum atomic E-state index is -3.72. The van der Waals surface area contributed by atoms with Gasteiger partial charge in [-0.3, -0.25) is 4.79 Å². The third kappa shape index (κ3) is 3.52. The molecular formula is C22H23N3O5S. The zero-order chi connectivity index (χ0) is 21.6. The van der Waals surface area contributed by atoms with Crippen LogP contribution >= 0.6 is 0 Å². The Kier molecular flexibility index (Phi) is 4.85. The van der Waals surface area contributed by atoms with Crippen molar-refractivity contribution in [1.29, 1.82) is 0 Å². The molecule has 0 saturated carbocycles. The van der Waals surface area contributed by atoms with Crippen LogP contribution in [0.3, 0.4) is 0 Å². The van der Waals surface area contributed by atoms with Crippen molar-refractivity contribution in [1.82, 2.24) is 9.80 Å². The number of rotatable bonds is 3. The molecular weight excluding hydrogens is 418 g/mol. The lowest BCUT2D eigenvalue weighted by Crippen LogP contribution is -2.40. The number of nitrogens with zero attached hydrogens (tertiary/aromatic N) is 3. The molecule has 3 aliphatic rings. The average Bonchev–Trinajstić information content (AvgIpc) is 3.37. The van der Waals surface area contributed by atoms with E-state index in [0.717, 1.165) is 24.2 Å². The molecule has 3 heterocycles. The van der Waals surface area contributed by atoms with E-state index in [9.17, 15) is 13.2 Å². The second-order valence-electron chi connectivity index (χ2n) is 7.89. The van der Waals surface area contributed by atoms with Crippen LogP contribution in [0.4, 0.5) is 0 Å². The van der Waals surface area contributed by atoms with E-state index < -0.39 is 10.0 Å². The Morgan fingerprint density at radius 3 is 2.77 bits per heavy atom. The molecule has 0 aromatic heterocycles. The molecule has 162 valence electrons. The van der Waals surface area contributed by atoms with Crippen LogP contribution in [0.5, 0.6) is 11.5 Å². The number of sulfonamides is 1. The Hall–Kier alpha value is -3.07. The van der Waals surface area contributed by atoms with Gasteiger partial charge in [-0.2, -0.15) is 8.42 Å². The number of likely N-dealkylation sites (tertiary alicyclic amines) is 1. The quantitative estimate of drug-likeness (QED) is 0.726. The summed E-state index contributed by atoms with van der Waals surface area (Å²) in [6.45, 7) is 1.76. The van der Waals surface area contributed by atoms with Crippen LogP contribution in [-0.4, -0.2) is 63.3 Å². The van der Waals surface area contributed by atoms with Gasteiger partial charge in [0.05, 0.1) is 12.6 Å². The lowest BCUT2D eigenvalue weighted by molar-refractivity contribution is -0.132. The predicted octanol–water partition coefficient (Wildman–Crippen LogP) is 2.20. The molecule has 0 spiro atoms. The standard InChI is InChI=1S/C22H23N3O5S/c1-24(22-16-5-2-3-7-20(16)31(27,28)23-22)14-21(26)25-10-4-6-17(25)15-8-9-18-19(13-15)30-12-11-29-18/h2-3,5,7-9,13,17H,4,6,10-12,14H2,1H3. The highest BCUT2D eigenvalue weighted by molar-refractivity contribution is 7.90. The largest absolute Gasteiger partial charge is 0.486 e. The van der Waals surface area contributed by atoms with Gasteiger partial charge in [0.1, 0.15) is 18.1 Å². The second kappa shape index (κ2) is 7.56. The monoisotopic (exact) mass is 441 g/mol. The number of hydrogen-bond acceptors (Lipinski definition) is 6. The number of ether oxygens (including phenoxy) is 2. The van der Waals surface area contributed by atoms with Crippen LogP contribution in [0.1, 0.15) is 30.0 Å². The minimum Gasteiger partial charge on any atom is -0.486 e. The zero-order valence-corrected chi connectivity index (χ0v) is 18.0. The Labute approximate surface area is 181 Å². The normalized spacial score (nSPS) is 20.9. The first kappa shape index (κ1) is 19.9. The third-order valence-electron chi connectivity index (χ3n) is 5.87. The number of amides is 1. The molecule has 1 saturated heterocycles. The first-order valence-electron chi connectivity index (χ1n) is 10.3. The maximum atomic E-state index is 13.2. The molecule has 1 unspecified atom stereocenters. The summed E-state index contributed by atoms with van der Waals surface area (Å²) in [5.74, 6) is 1.68.